The minimum atomic E-state index is -0.648. The van der Waals surface area contributed by atoms with Gasteiger partial charge >= 0.3 is 6.03 Å². The molecule has 8 heteroatoms. The summed E-state index contributed by atoms with van der Waals surface area (Å²) >= 11 is 0. The highest BCUT2D eigenvalue weighted by Gasteiger charge is 2.51. The number of rotatable bonds is 7. The SMILES string of the molecule is C#CCN1C(=O)C2C(N=C(C=Cc3cccc(OC)c3)N2C)N(CCCO)C1=O. The maximum absolute atomic E-state index is 12.9. The lowest BCUT2D eigenvalue weighted by Crippen LogP contribution is -2.65. The summed E-state index contributed by atoms with van der Waals surface area (Å²) in [6.07, 6.45) is 8.77. The third-order valence-electron chi connectivity index (χ3n) is 4.97. The first-order chi connectivity index (χ1) is 14.0. The number of hydrogen-bond donors (Lipinski definition) is 1. The van der Waals surface area contributed by atoms with Crippen LogP contribution in [0.15, 0.2) is 35.3 Å². The number of amidine groups is 1. The number of carbonyl (C=O) groups is 2. The number of nitrogens with zero attached hydrogens (tertiary/aromatic N) is 4. The second kappa shape index (κ2) is 8.80. The number of terminal acetylenes is 1. The second-order valence-corrected chi connectivity index (χ2v) is 6.75. The van der Waals surface area contributed by atoms with Gasteiger partial charge in [0.05, 0.1) is 13.7 Å². The van der Waals surface area contributed by atoms with Crippen LogP contribution in [0.5, 0.6) is 5.75 Å². The smallest absolute Gasteiger partial charge is 0.329 e. The minimum Gasteiger partial charge on any atom is -0.497 e. The number of carbonyl (C=O) groups excluding carboxylic acids is 2. The van der Waals surface area contributed by atoms with Gasteiger partial charge in [-0.25, -0.2) is 9.79 Å². The number of methoxy groups -OCH3 is 1. The highest BCUT2D eigenvalue weighted by atomic mass is 16.5. The van der Waals surface area contributed by atoms with Gasteiger partial charge < -0.3 is 14.7 Å². The van der Waals surface area contributed by atoms with Crippen LogP contribution in [-0.4, -0.2) is 83.6 Å². The van der Waals surface area contributed by atoms with Crippen LogP contribution in [-0.2, 0) is 4.79 Å². The maximum Gasteiger partial charge on any atom is 0.329 e. The van der Waals surface area contributed by atoms with Crippen molar-refractivity contribution in [2.75, 3.05) is 33.9 Å². The van der Waals surface area contributed by atoms with E-state index in [4.69, 9.17) is 11.2 Å². The van der Waals surface area contributed by atoms with Crippen LogP contribution >= 0.6 is 0 Å². The standard InChI is InChI=1S/C21H24N4O4/c1-4-11-25-20(27)18-19(24(21(25)28)12-6-13-26)22-17(23(18)2)10-9-15-7-5-8-16(14-15)29-3/h1,5,7-10,14,18-19,26H,6,11-13H2,2-3H3. The van der Waals surface area contributed by atoms with Gasteiger partial charge in [0.1, 0.15) is 11.6 Å². The fourth-order valence-electron chi connectivity index (χ4n) is 3.48. The molecular formula is C21H24N4O4. The topological polar surface area (TPSA) is 85.7 Å². The van der Waals surface area contributed by atoms with Crippen LogP contribution in [0.4, 0.5) is 4.79 Å². The quantitative estimate of drug-likeness (QED) is 0.696. The van der Waals surface area contributed by atoms with Crippen molar-refractivity contribution >= 4 is 23.8 Å². The number of benzene rings is 1. The molecule has 1 aromatic carbocycles. The van der Waals surface area contributed by atoms with Crippen molar-refractivity contribution in [3.8, 4) is 18.1 Å². The number of aliphatic hydroxyl groups excluding tert-OH is 1. The van der Waals surface area contributed by atoms with E-state index in [2.05, 4.69) is 10.9 Å². The first-order valence-electron chi connectivity index (χ1n) is 9.31. The van der Waals surface area contributed by atoms with Gasteiger partial charge in [0, 0.05) is 20.2 Å². The number of aliphatic hydroxyl groups is 1. The minimum absolute atomic E-state index is 0.0631. The summed E-state index contributed by atoms with van der Waals surface area (Å²) in [5, 5.41) is 9.18. The van der Waals surface area contributed by atoms with E-state index in [-0.39, 0.29) is 25.6 Å². The van der Waals surface area contributed by atoms with Crippen molar-refractivity contribution in [1.82, 2.24) is 14.7 Å². The van der Waals surface area contributed by atoms with Crippen LogP contribution in [0.25, 0.3) is 6.08 Å². The van der Waals surface area contributed by atoms with Crippen molar-refractivity contribution < 1.29 is 19.4 Å². The van der Waals surface area contributed by atoms with E-state index in [1.807, 2.05) is 30.3 Å². The summed E-state index contributed by atoms with van der Waals surface area (Å²) in [7, 11) is 3.37. The molecule has 0 spiro atoms. The molecule has 152 valence electrons. The highest BCUT2D eigenvalue weighted by molar-refractivity contribution is 6.07. The Balaban J connectivity index is 1.89. The van der Waals surface area contributed by atoms with Gasteiger partial charge in [0.25, 0.3) is 5.91 Å². The van der Waals surface area contributed by atoms with Gasteiger partial charge in [-0.1, -0.05) is 24.1 Å². The molecule has 0 radical (unpaired) electrons. The first-order valence-corrected chi connectivity index (χ1v) is 9.31. The summed E-state index contributed by atoms with van der Waals surface area (Å²) in [4.78, 5) is 34.6. The number of fused-ring (bicyclic) bond motifs is 1. The lowest BCUT2D eigenvalue weighted by molar-refractivity contribution is -0.136. The predicted molar refractivity (Wildman–Crippen MR) is 109 cm³/mol. The van der Waals surface area contributed by atoms with E-state index in [9.17, 15) is 14.7 Å². The van der Waals surface area contributed by atoms with Crippen LogP contribution in [0.3, 0.4) is 0 Å². The first kappa shape index (κ1) is 20.4. The molecule has 2 atom stereocenters. The van der Waals surface area contributed by atoms with E-state index in [1.165, 1.54) is 4.90 Å². The van der Waals surface area contributed by atoms with Gasteiger partial charge in [-0.2, -0.15) is 0 Å². The zero-order valence-corrected chi connectivity index (χ0v) is 16.5. The van der Waals surface area contributed by atoms with Crippen molar-refractivity contribution in [3.63, 3.8) is 0 Å². The predicted octanol–water partition coefficient (Wildman–Crippen LogP) is 1.03. The lowest BCUT2D eigenvalue weighted by atomic mass is 10.1. The molecular weight excluding hydrogens is 372 g/mol. The Morgan fingerprint density at radius 3 is 2.83 bits per heavy atom. The molecule has 1 saturated heterocycles. The van der Waals surface area contributed by atoms with Crippen LogP contribution < -0.4 is 4.74 Å². The van der Waals surface area contributed by atoms with Crippen molar-refractivity contribution in [2.45, 2.75) is 18.6 Å². The number of amides is 3. The van der Waals surface area contributed by atoms with Gasteiger partial charge in [0.15, 0.2) is 12.2 Å². The molecule has 0 aromatic heterocycles. The van der Waals surface area contributed by atoms with E-state index < -0.39 is 18.2 Å². The summed E-state index contributed by atoms with van der Waals surface area (Å²) in [5.74, 6) is 3.32. The van der Waals surface area contributed by atoms with E-state index in [1.54, 1.807) is 25.1 Å². The molecule has 1 aromatic rings. The van der Waals surface area contributed by atoms with E-state index in [0.717, 1.165) is 16.2 Å². The van der Waals surface area contributed by atoms with Crippen LogP contribution in [0.1, 0.15) is 12.0 Å². The average molecular weight is 396 g/mol. The molecule has 0 bridgehead atoms. The van der Waals surface area contributed by atoms with Crippen molar-refractivity contribution in [2.24, 2.45) is 4.99 Å². The fraction of sp³-hybridized carbons (Fsp3) is 0.381. The fourth-order valence-corrected chi connectivity index (χ4v) is 3.48. The molecule has 2 heterocycles. The molecule has 0 saturated carbocycles. The zero-order valence-electron chi connectivity index (χ0n) is 16.5. The summed E-state index contributed by atoms with van der Waals surface area (Å²) in [6, 6.07) is 6.43. The third kappa shape index (κ3) is 3.96. The number of aliphatic imine (C=N–C) groups is 1. The molecule has 1 N–H and O–H groups in total. The van der Waals surface area contributed by atoms with Crippen molar-refractivity contribution in [1.29, 1.82) is 0 Å². The summed E-state index contributed by atoms with van der Waals surface area (Å²) in [5.41, 5.74) is 0.920. The molecule has 3 amide bonds. The molecule has 8 nitrogen and oxygen atoms in total. The van der Waals surface area contributed by atoms with E-state index >= 15 is 0 Å². The Morgan fingerprint density at radius 1 is 1.34 bits per heavy atom. The number of urea groups is 1. The highest BCUT2D eigenvalue weighted by Crippen LogP contribution is 2.28. The van der Waals surface area contributed by atoms with Gasteiger partial charge in [-0.3, -0.25) is 14.6 Å². The normalized spacial score (nSPS) is 21.4. The number of likely N-dealkylation sites (N-methyl/N-ethyl adjacent to an activating group) is 1. The average Bonchev–Trinajstić information content (AvgIpc) is 3.06. The number of imide groups is 1. The molecule has 0 aliphatic carbocycles. The van der Waals surface area contributed by atoms with Gasteiger partial charge in [-0.15, -0.1) is 6.42 Å². The molecule has 1 fully saturated rings. The summed E-state index contributed by atoms with van der Waals surface area (Å²) < 4.78 is 5.23. The Morgan fingerprint density at radius 2 is 2.14 bits per heavy atom. The Bertz CT molecular complexity index is 889. The maximum atomic E-state index is 12.9. The Labute approximate surface area is 170 Å². The molecule has 3 rings (SSSR count). The molecule has 2 unspecified atom stereocenters. The third-order valence-corrected chi connectivity index (χ3v) is 4.97. The Hall–Kier alpha value is -3.31. The zero-order chi connectivity index (χ0) is 21.0. The molecule has 29 heavy (non-hydrogen) atoms. The van der Waals surface area contributed by atoms with Crippen LogP contribution in [0, 0.1) is 12.3 Å². The second-order valence-electron chi connectivity index (χ2n) is 6.75. The largest absolute Gasteiger partial charge is 0.497 e. The monoisotopic (exact) mass is 396 g/mol. The van der Waals surface area contributed by atoms with Gasteiger partial charge in [0.2, 0.25) is 0 Å². The molecule has 2 aliphatic heterocycles. The number of hydrogen-bond acceptors (Lipinski definition) is 6. The lowest BCUT2D eigenvalue weighted by Gasteiger charge is -2.41. The number of ether oxygens (including phenoxy) is 1. The van der Waals surface area contributed by atoms with Crippen molar-refractivity contribution in [3.05, 3.63) is 35.9 Å². The molecule has 2 aliphatic rings. The van der Waals surface area contributed by atoms with Gasteiger partial charge in [-0.05, 0) is 30.2 Å². The summed E-state index contributed by atoms with van der Waals surface area (Å²) in [6.45, 7) is 0.126. The Kier molecular flexibility index (Phi) is 6.20. The van der Waals surface area contributed by atoms with Crippen LogP contribution in [0.2, 0.25) is 0 Å². The van der Waals surface area contributed by atoms with E-state index in [0.29, 0.717) is 12.3 Å².